The standard InChI is InChI=1S/C22H24N2O8.C16H35NO3S/c1-21(31)8-5-4-6-11(25)12(8)16(26)13-9(21)7-10-15(24(2)3)17(27)14(20(23)30)19(29)22(10,32)18(13)28;1-2-3-4-5-6-7-8-9-10-11-12-13-14-15-16-17-21(18,19)20/h4-6,9-10,15,25-26,29,31-32H,7H2,1-3H3,(H2,23,30);17H,2-16H2,1H3,(H,18,19,20)/t9-,10-,15-,21+,22-;/m0./s1. The predicted octanol–water partition coefficient (Wildman–Crippen LogP) is 4.49. The summed E-state index contributed by atoms with van der Waals surface area (Å²) in [5, 5.41) is 54.9. The summed E-state index contributed by atoms with van der Waals surface area (Å²) in [7, 11) is -0.985. The van der Waals surface area contributed by atoms with Gasteiger partial charge in [0.15, 0.2) is 11.4 Å². The lowest BCUT2D eigenvalue weighted by Gasteiger charge is -2.53. The van der Waals surface area contributed by atoms with Crippen LogP contribution in [0.5, 0.6) is 5.75 Å². The lowest BCUT2D eigenvalue weighted by atomic mass is 9.54. The molecule has 9 N–H and O–H groups in total. The highest BCUT2D eigenvalue weighted by Gasteiger charge is 2.66. The number of Topliss-reactive ketones (excluding diaryl/α,β-unsaturated/α-hetero) is 2. The van der Waals surface area contributed by atoms with E-state index in [1.807, 2.05) is 0 Å². The van der Waals surface area contributed by atoms with Crippen LogP contribution in [0.25, 0.3) is 5.76 Å². The molecule has 14 nitrogen and oxygen atoms in total. The number of hydrogen-bond acceptors (Lipinski definition) is 11. The molecule has 298 valence electrons. The maximum Gasteiger partial charge on any atom is 0.333 e. The number of carbonyl (C=O) groups excluding carboxylic acids is 3. The number of primary amides is 1. The van der Waals surface area contributed by atoms with Gasteiger partial charge in [0.2, 0.25) is 5.78 Å². The molecule has 3 aliphatic carbocycles. The molecule has 0 bridgehead atoms. The molecular formula is C38H59N3O11S. The monoisotopic (exact) mass is 765 g/mol. The number of nitrogens with one attached hydrogen (secondary N) is 1. The number of fused-ring (bicyclic) bond motifs is 3. The third-order valence-corrected chi connectivity index (χ3v) is 11.4. The van der Waals surface area contributed by atoms with Crippen LogP contribution in [-0.4, -0.2) is 93.2 Å². The molecule has 1 saturated carbocycles. The Morgan fingerprint density at radius 1 is 0.906 bits per heavy atom. The number of hydrogen-bond donors (Lipinski definition) is 8. The lowest BCUT2D eigenvalue weighted by molar-refractivity contribution is -0.159. The number of aliphatic hydroxyl groups excluding tert-OH is 2. The van der Waals surface area contributed by atoms with E-state index in [1.165, 1.54) is 115 Å². The van der Waals surface area contributed by atoms with Crippen LogP contribution < -0.4 is 10.5 Å². The summed E-state index contributed by atoms with van der Waals surface area (Å²) in [6.45, 7) is 4.00. The summed E-state index contributed by atoms with van der Waals surface area (Å²) < 4.78 is 31.4. The van der Waals surface area contributed by atoms with E-state index >= 15 is 0 Å². The third kappa shape index (κ3) is 10.1. The SMILES string of the molecule is CCCCCCCCCCCCCCCCNS(=O)(=O)O.CN(C)[C@@H]1C(=O)C(C(N)=O)=C(O)[C@@]2(O)C(=O)C3=C(O)c4c(O)cccc4[C@@](C)(O)[C@H]3C[C@@H]12. The van der Waals surface area contributed by atoms with E-state index in [4.69, 9.17) is 10.3 Å². The number of phenols is 1. The molecule has 1 aromatic carbocycles. The van der Waals surface area contributed by atoms with Gasteiger partial charge in [-0.25, -0.2) is 0 Å². The Labute approximate surface area is 313 Å². The number of phenolic OH excluding ortho intramolecular Hbond substituents is 1. The van der Waals surface area contributed by atoms with Crippen LogP contribution in [0.4, 0.5) is 0 Å². The number of benzene rings is 1. The minimum Gasteiger partial charge on any atom is -0.508 e. The number of carbonyl (C=O) groups is 3. The Balaban J connectivity index is 0.000000315. The Hall–Kier alpha value is -3.34. The van der Waals surface area contributed by atoms with Gasteiger partial charge in [0.05, 0.1) is 17.2 Å². The molecule has 3 aliphatic rings. The number of aliphatic hydroxyl groups is 4. The summed E-state index contributed by atoms with van der Waals surface area (Å²) in [6, 6.07) is 3.02. The minimum absolute atomic E-state index is 0.170. The van der Waals surface area contributed by atoms with Gasteiger partial charge in [-0.1, -0.05) is 103 Å². The molecule has 1 fully saturated rings. The average Bonchev–Trinajstić information content (AvgIpc) is 3.06. The first-order chi connectivity index (χ1) is 24.8. The van der Waals surface area contributed by atoms with Crippen LogP contribution in [0.15, 0.2) is 35.1 Å². The number of nitrogens with zero attached hydrogens (tertiary/aromatic N) is 1. The maximum absolute atomic E-state index is 13.7. The van der Waals surface area contributed by atoms with Gasteiger partial charge in [-0.3, -0.25) is 23.8 Å². The number of amides is 1. The van der Waals surface area contributed by atoms with E-state index in [0.717, 1.165) is 19.3 Å². The second-order valence-corrected chi connectivity index (χ2v) is 16.2. The van der Waals surface area contributed by atoms with Crippen molar-refractivity contribution in [2.45, 2.75) is 127 Å². The third-order valence-electron chi connectivity index (χ3n) is 10.8. The van der Waals surface area contributed by atoms with E-state index in [0.29, 0.717) is 6.54 Å². The zero-order chi connectivity index (χ0) is 39.7. The average molecular weight is 766 g/mol. The van der Waals surface area contributed by atoms with Crippen molar-refractivity contribution in [1.29, 1.82) is 0 Å². The maximum atomic E-state index is 13.7. The van der Waals surface area contributed by atoms with Gasteiger partial charge in [0.25, 0.3) is 5.91 Å². The van der Waals surface area contributed by atoms with E-state index in [-0.39, 0.29) is 17.5 Å². The van der Waals surface area contributed by atoms with Gasteiger partial charge in [0, 0.05) is 24.0 Å². The highest BCUT2D eigenvalue weighted by atomic mass is 32.2. The fraction of sp³-hybridized carbons (Fsp3) is 0.658. The van der Waals surface area contributed by atoms with Crippen LogP contribution in [0.3, 0.4) is 0 Å². The van der Waals surface area contributed by atoms with Crippen LogP contribution in [0, 0.1) is 11.8 Å². The highest BCUT2D eigenvalue weighted by molar-refractivity contribution is 7.83. The van der Waals surface area contributed by atoms with Crippen molar-refractivity contribution in [2.75, 3.05) is 20.6 Å². The van der Waals surface area contributed by atoms with Crippen molar-refractivity contribution in [1.82, 2.24) is 9.62 Å². The Morgan fingerprint density at radius 3 is 1.89 bits per heavy atom. The summed E-state index contributed by atoms with van der Waals surface area (Å²) >= 11 is 0. The minimum atomic E-state index is -3.99. The summed E-state index contributed by atoms with van der Waals surface area (Å²) in [4.78, 5) is 40.0. The molecule has 0 unspecified atom stereocenters. The molecule has 5 atom stereocenters. The summed E-state index contributed by atoms with van der Waals surface area (Å²) in [5.41, 5.74) is -0.548. The molecule has 0 aliphatic heterocycles. The number of unbranched alkanes of at least 4 members (excludes halogenated alkanes) is 13. The van der Waals surface area contributed by atoms with E-state index in [1.54, 1.807) is 0 Å². The van der Waals surface area contributed by atoms with E-state index in [2.05, 4.69) is 11.6 Å². The smallest absolute Gasteiger partial charge is 0.333 e. The second-order valence-electron chi connectivity index (χ2n) is 14.9. The van der Waals surface area contributed by atoms with Crippen molar-refractivity contribution in [3.8, 4) is 5.75 Å². The first-order valence-electron chi connectivity index (χ1n) is 18.8. The normalized spacial score (nSPS) is 25.5. The molecule has 15 heteroatoms. The molecule has 53 heavy (non-hydrogen) atoms. The van der Waals surface area contributed by atoms with Crippen LogP contribution >= 0.6 is 0 Å². The van der Waals surface area contributed by atoms with Gasteiger partial charge in [-0.05, 0) is 45.5 Å². The fourth-order valence-electron chi connectivity index (χ4n) is 8.02. The first kappa shape index (κ1) is 44.1. The zero-order valence-corrected chi connectivity index (χ0v) is 32.3. The van der Waals surface area contributed by atoms with Crippen molar-refractivity contribution in [3.05, 3.63) is 46.2 Å². The summed E-state index contributed by atoms with van der Waals surface area (Å²) in [5.74, 6) is -7.90. The van der Waals surface area contributed by atoms with E-state index < -0.39 is 85.3 Å². The predicted molar refractivity (Wildman–Crippen MR) is 200 cm³/mol. The molecule has 0 spiro atoms. The number of ketones is 2. The number of aromatic hydroxyl groups is 1. The molecule has 0 radical (unpaired) electrons. The number of rotatable bonds is 18. The number of likely N-dealkylation sites (N-methyl/N-ethyl adjacent to an activating group) is 1. The van der Waals surface area contributed by atoms with Crippen LogP contribution in [0.1, 0.15) is 121 Å². The van der Waals surface area contributed by atoms with Gasteiger partial charge < -0.3 is 31.3 Å². The van der Waals surface area contributed by atoms with Gasteiger partial charge >= 0.3 is 10.3 Å². The molecule has 0 saturated heterocycles. The van der Waals surface area contributed by atoms with E-state index in [9.17, 15) is 48.3 Å². The lowest BCUT2D eigenvalue weighted by Crippen LogP contribution is -2.67. The topological polar surface area (TPSA) is 248 Å². The van der Waals surface area contributed by atoms with Crippen molar-refractivity contribution in [3.63, 3.8) is 0 Å². The first-order valence-corrected chi connectivity index (χ1v) is 20.2. The Bertz CT molecular complexity index is 1650. The van der Waals surface area contributed by atoms with Crippen LogP contribution in [-0.2, 0) is 30.3 Å². The van der Waals surface area contributed by atoms with Gasteiger partial charge in [0.1, 0.15) is 22.8 Å². The summed E-state index contributed by atoms with van der Waals surface area (Å²) in [6.07, 6.45) is 17.7. The number of nitrogens with two attached hydrogens (primary N) is 1. The Kier molecular flexibility index (Phi) is 15.6. The quantitative estimate of drug-likeness (QED) is 0.0585. The fourth-order valence-corrected chi connectivity index (χ4v) is 8.42. The van der Waals surface area contributed by atoms with Gasteiger partial charge in [-0.15, -0.1) is 0 Å². The molecule has 1 amide bonds. The Morgan fingerprint density at radius 2 is 1.42 bits per heavy atom. The van der Waals surface area contributed by atoms with Crippen molar-refractivity contribution >= 4 is 33.5 Å². The largest absolute Gasteiger partial charge is 0.508 e. The second kappa shape index (κ2) is 18.8. The molecule has 4 rings (SSSR count). The van der Waals surface area contributed by atoms with Crippen LogP contribution in [0.2, 0.25) is 0 Å². The molecular weight excluding hydrogens is 706 g/mol. The van der Waals surface area contributed by atoms with Gasteiger partial charge in [-0.2, -0.15) is 13.1 Å². The highest BCUT2D eigenvalue weighted by Crippen LogP contribution is 2.57. The van der Waals surface area contributed by atoms with Crippen molar-refractivity contribution in [2.24, 2.45) is 17.6 Å². The van der Waals surface area contributed by atoms with Crippen molar-refractivity contribution < 1.29 is 52.9 Å². The zero-order valence-electron chi connectivity index (χ0n) is 31.4. The molecule has 0 heterocycles. The molecule has 1 aromatic rings. The molecule has 0 aromatic heterocycles.